The predicted octanol–water partition coefficient (Wildman–Crippen LogP) is 5.53. The van der Waals surface area contributed by atoms with Gasteiger partial charge in [0.15, 0.2) is 0 Å². The van der Waals surface area contributed by atoms with Crippen molar-refractivity contribution in [3.05, 3.63) is 11.6 Å². The Morgan fingerprint density at radius 1 is 1.19 bits per heavy atom. The molecular weight excluding hydrogens is 396 g/mol. The Hall–Kier alpha value is -1.53. The van der Waals surface area contributed by atoms with Crippen LogP contribution in [-0.2, 0) is 28.9 Å². The fourth-order valence-corrected chi connectivity index (χ4v) is 3.85. The SMILES string of the molecule is COC(=O)[C@H](C)[C@@H]1CC[C@@](C)(CC/C=C(\C)CCC(=O)C(C)(C)CCCC(C)=O)OO1. The second-order valence-electron chi connectivity index (χ2n) is 9.97. The van der Waals surface area contributed by atoms with Gasteiger partial charge in [0.2, 0.25) is 0 Å². The van der Waals surface area contributed by atoms with Crippen molar-refractivity contribution in [3.63, 3.8) is 0 Å². The highest BCUT2D eigenvalue weighted by Gasteiger charge is 2.37. The summed E-state index contributed by atoms with van der Waals surface area (Å²) in [6, 6.07) is 0. The molecule has 1 fully saturated rings. The molecule has 1 saturated heterocycles. The third-order valence-electron chi connectivity index (χ3n) is 6.46. The molecule has 1 aliphatic heterocycles. The van der Waals surface area contributed by atoms with E-state index in [1.165, 1.54) is 12.7 Å². The minimum Gasteiger partial charge on any atom is -0.469 e. The molecule has 0 aliphatic carbocycles. The Morgan fingerprint density at radius 2 is 1.87 bits per heavy atom. The molecule has 1 heterocycles. The maximum Gasteiger partial charge on any atom is 0.311 e. The van der Waals surface area contributed by atoms with E-state index in [-0.39, 0.29) is 40.6 Å². The average Bonchev–Trinajstić information content (AvgIpc) is 2.70. The second-order valence-corrected chi connectivity index (χ2v) is 9.97. The lowest BCUT2D eigenvalue weighted by Gasteiger charge is -2.37. The summed E-state index contributed by atoms with van der Waals surface area (Å²) in [4.78, 5) is 46.5. The van der Waals surface area contributed by atoms with Crippen molar-refractivity contribution in [3.8, 4) is 0 Å². The zero-order valence-corrected chi connectivity index (χ0v) is 20.5. The fraction of sp³-hybridized carbons (Fsp3) is 0.800. The van der Waals surface area contributed by atoms with Gasteiger partial charge in [-0.05, 0) is 72.6 Å². The monoisotopic (exact) mass is 438 g/mol. The lowest BCUT2D eigenvalue weighted by Crippen LogP contribution is -2.41. The summed E-state index contributed by atoms with van der Waals surface area (Å²) >= 11 is 0. The first-order valence-corrected chi connectivity index (χ1v) is 11.5. The van der Waals surface area contributed by atoms with E-state index < -0.39 is 0 Å². The number of ketones is 2. The van der Waals surface area contributed by atoms with Crippen molar-refractivity contribution >= 4 is 17.5 Å². The van der Waals surface area contributed by atoms with Crippen LogP contribution in [-0.4, -0.2) is 36.4 Å². The Kier molecular flexibility index (Phi) is 11.1. The van der Waals surface area contributed by atoms with E-state index in [9.17, 15) is 14.4 Å². The molecule has 3 atom stereocenters. The van der Waals surface area contributed by atoms with Crippen molar-refractivity contribution in [1.82, 2.24) is 0 Å². The van der Waals surface area contributed by atoms with E-state index in [0.717, 1.165) is 44.9 Å². The summed E-state index contributed by atoms with van der Waals surface area (Å²) in [6.07, 6.45) is 8.47. The van der Waals surface area contributed by atoms with E-state index >= 15 is 0 Å². The standard InChI is InChI=1S/C25H42O6/c1-18(12-13-22(27)24(4,5)15-9-11-19(2)26)10-8-16-25(6)17-14-21(30-31-25)20(3)23(28)29-7/h10,20-21H,8-9,11-17H2,1-7H3/b18-10+/t20-,21+,25-/m1/s1. The molecule has 0 aromatic rings. The van der Waals surface area contributed by atoms with Crippen LogP contribution in [0.1, 0.15) is 99.3 Å². The van der Waals surface area contributed by atoms with Crippen LogP contribution in [0.4, 0.5) is 0 Å². The topological polar surface area (TPSA) is 78.9 Å². The van der Waals surface area contributed by atoms with Gasteiger partial charge >= 0.3 is 5.97 Å². The molecule has 0 saturated carbocycles. The normalized spacial score (nSPS) is 23.3. The molecule has 1 aliphatic rings. The van der Waals surface area contributed by atoms with Crippen LogP contribution >= 0.6 is 0 Å². The molecule has 1 rings (SSSR count). The van der Waals surface area contributed by atoms with Gasteiger partial charge in [0, 0.05) is 18.3 Å². The molecule has 0 amide bonds. The smallest absolute Gasteiger partial charge is 0.311 e. The summed E-state index contributed by atoms with van der Waals surface area (Å²) in [5, 5.41) is 0. The van der Waals surface area contributed by atoms with Gasteiger partial charge in [0.05, 0.1) is 13.0 Å². The van der Waals surface area contributed by atoms with Gasteiger partial charge in [0.25, 0.3) is 0 Å². The highest BCUT2D eigenvalue weighted by Crippen LogP contribution is 2.34. The van der Waals surface area contributed by atoms with Crippen LogP contribution in [0, 0.1) is 11.3 Å². The van der Waals surface area contributed by atoms with Gasteiger partial charge in [-0.15, -0.1) is 0 Å². The first-order chi connectivity index (χ1) is 14.4. The van der Waals surface area contributed by atoms with Crippen LogP contribution in [0.2, 0.25) is 0 Å². The first kappa shape index (κ1) is 27.5. The van der Waals surface area contributed by atoms with Crippen molar-refractivity contribution < 1.29 is 28.9 Å². The third kappa shape index (κ3) is 9.65. The quantitative estimate of drug-likeness (QED) is 0.214. The van der Waals surface area contributed by atoms with Gasteiger partial charge in [-0.1, -0.05) is 25.5 Å². The fourth-order valence-electron chi connectivity index (χ4n) is 3.85. The molecule has 0 bridgehead atoms. The molecule has 31 heavy (non-hydrogen) atoms. The van der Waals surface area contributed by atoms with Crippen molar-refractivity contribution in [2.75, 3.05) is 7.11 Å². The second kappa shape index (κ2) is 12.5. The number of allylic oxidation sites excluding steroid dienone is 2. The van der Waals surface area contributed by atoms with Gasteiger partial charge in [-0.3, -0.25) is 9.59 Å². The third-order valence-corrected chi connectivity index (χ3v) is 6.46. The number of hydrogen-bond donors (Lipinski definition) is 0. The highest BCUT2D eigenvalue weighted by molar-refractivity contribution is 5.84. The number of ether oxygens (including phenoxy) is 1. The zero-order chi connectivity index (χ0) is 23.7. The molecule has 0 unspecified atom stereocenters. The van der Waals surface area contributed by atoms with Crippen molar-refractivity contribution in [2.24, 2.45) is 11.3 Å². The first-order valence-electron chi connectivity index (χ1n) is 11.5. The van der Waals surface area contributed by atoms with E-state index in [1.807, 2.05) is 20.8 Å². The minimum atomic E-state index is -0.381. The van der Waals surface area contributed by atoms with E-state index in [2.05, 4.69) is 13.0 Å². The molecule has 0 N–H and O–H groups in total. The summed E-state index contributed by atoms with van der Waals surface area (Å²) in [7, 11) is 1.38. The Morgan fingerprint density at radius 3 is 2.42 bits per heavy atom. The molecule has 6 heteroatoms. The number of methoxy groups -OCH3 is 1. The molecule has 0 spiro atoms. The van der Waals surface area contributed by atoms with Crippen LogP contribution in [0.5, 0.6) is 0 Å². The Balaban J connectivity index is 2.38. The van der Waals surface area contributed by atoms with Crippen LogP contribution < -0.4 is 0 Å². The molecule has 178 valence electrons. The molecule has 0 aromatic heterocycles. The van der Waals surface area contributed by atoms with Gasteiger partial charge in [-0.25, -0.2) is 9.78 Å². The van der Waals surface area contributed by atoms with Crippen LogP contribution in [0.15, 0.2) is 11.6 Å². The number of hydrogen-bond acceptors (Lipinski definition) is 6. The lowest BCUT2D eigenvalue weighted by atomic mass is 9.80. The minimum absolute atomic E-state index is 0.177. The Labute approximate surface area is 188 Å². The predicted molar refractivity (Wildman–Crippen MR) is 120 cm³/mol. The van der Waals surface area contributed by atoms with Crippen molar-refractivity contribution in [2.45, 2.75) is 111 Å². The summed E-state index contributed by atoms with van der Waals surface area (Å²) < 4.78 is 4.78. The zero-order valence-electron chi connectivity index (χ0n) is 20.5. The van der Waals surface area contributed by atoms with Gasteiger partial charge in [-0.2, -0.15) is 0 Å². The lowest BCUT2D eigenvalue weighted by molar-refractivity contribution is -0.411. The number of carbonyl (C=O) groups excluding carboxylic acids is 3. The van der Waals surface area contributed by atoms with Gasteiger partial charge < -0.3 is 9.53 Å². The number of rotatable bonds is 13. The summed E-state index contributed by atoms with van der Waals surface area (Å²) in [5.74, 6) is -0.199. The largest absolute Gasteiger partial charge is 0.469 e. The summed E-state index contributed by atoms with van der Waals surface area (Å²) in [5.41, 5.74) is 0.442. The van der Waals surface area contributed by atoms with E-state index in [0.29, 0.717) is 12.8 Å². The van der Waals surface area contributed by atoms with E-state index in [1.54, 1.807) is 13.8 Å². The molecule has 6 nitrogen and oxygen atoms in total. The maximum absolute atomic E-state index is 12.6. The average molecular weight is 439 g/mol. The highest BCUT2D eigenvalue weighted by atomic mass is 17.2. The number of esters is 1. The maximum atomic E-state index is 12.6. The number of Topliss-reactive ketones (excluding diaryl/α,β-unsaturated/α-hetero) is 2. The molecule has 0 radical (unpaired) electrons. The number of carbonyl (C=O) groups is 3. The van der Waals surface area contributed by atoms with Crippen molar-refractivity contribution in [1.29, 1.82) is 0 Å². The van der Waals surface area contributed by atoms with Crippen LogP contribution in [0.25, 0.3) is 0 Å². The molecular formula is C25H42O6. The Bertz CT molecular complexity index is 640. The van der Waals surface area contributed by atoms with Crippen LogP contribution in [0.3, 0.4) is 0 Å². The molecule has 0 aromatic carbocycles. The van der Waals surface area contributed by atoms with Gasteiger partial charge in [0.1, 0.15) is 23.3 Å². The summed E-state index contributed by atoms with van der Waals surface area (Å²) in [6.45, 7) is 11.4. The van der Waals surface area contributed by atoms with E-state index in [4.69, 9.17) is 14.5 Å².